The maximum Gasteiger partial charge on any atom is 0.344 e. The first-order chi connectivity index (χ1) is 11.9. The molecule has 3 rings (SSSR count). The van der Waals surface area contributed by atoms with Crippen molar-refractivity contribution in [2.45, 2.75) is 26.7 Å². The first-order valence-electron chi connectivity index (χ1n) is 8.06. The number of allylic oxidation sites excluding steroid dienone is 2. The lowest BCUT2D eigenvalue weighted by atomic mass is 9.79. The second kappa shape index (κ2) is 6.89. The Bertz CT molecular complexity index is 807. The number of pyridine rings is 1. The molecule has 128 valence electrons. The fraction of sp³-hybridized carbons (Fsp3) is 0.250. The number of esters is 1. The van der Waals surface area contributed by atoms with Crippen molar-refractivity contribution in [1.29, 1.82) is 0 Å². The van der Waals surface area contributed by atoms with E-state index in [0.29, 0.717) is 35.8 Å². The Labute approximate surface area is 146 Å². The van der Waals surface area contributed by atoms with Crippen molar-refractivity contribution >= 4 is 11.8 Å². The van der Waals surface area contributed by atoms with Gasteiger partial charge in [-0.05, 0) is 23.6 Å². The Morgan fingerprint density at radius 1 is 1.08 bits per heavy atom. The molecule has 2 aromatic rings. The summed E-state index contributed by atoms with van der Waals surface area (Å²) >= 11 is 0. The van der Waals surface area contributed by atoms with E-state index in [0.717, 1.165) is 0 Å². The molecule has 1 aromatic carbocycles. The molecule has 1 aromatic heterocycles. The second-order valence-corrected chi connectivity index (χ2v) is 6.78. The minimum atomic E-state index is -0.532. The summed E-state index contributed by atoms with van der Waals surface area (Å²) in [7, 11) is 0. The van der Waals surface area contributed by atoms with Crippen molar-refractivity contribution in [3.63, 3.8) is 0 Å². The van der Waals surface area contributed by atoms with E-state index < -0.39 is 5.97 Å². The van der Waals surface area contributed by atoms with Gasteiger partial charge in [-0.2, -0.15) is 0 Å². The van der Waals surface area contributed by atoms with Gasteiger partial charge in [-0.1, -0.05) is 32.0 Å². The summed E-state index contributed by atoms with van der Waals surface area (Å²) in [6.45, 7) is 3.95. The number of carbonyl (C=O) groups is 2. The van der Waals surface area contributed by atoms with Gasteiger partial charge in [0, 0.05) is 31.2 Å². The average molecular weight is 337 g/mol. The third-order valence-corrected chi connectivity index (χ3v) is 3.79. The van der Waals surface area contributed by atoms with Crippen LogP contribution in [0.1, 0.15) is 37.0 Å². The van der Waals surface area contributed by atoms with Crippen LogP contribution in [-0.4, -0.2) is 16.7 Å². The summed E-state index contributed by atoms with van der Waals surface area (Å²) in [4.78, 5) is 28.1. The molecule has 0 radical (unpaired) electrons. The van der Waals surface area contributed by atoms with Crippen molar-refractivity contribution in [2.24, 2.45) is 5.41 Å². The molecular formula is C20H19NO4. The van der Waals surface area contributed by atoms with Crippen LogP contribution in [0.2, 0.25) is 0 Å². The Balaban J connectivity index is 1.66. The number of para-hydroxylation sites is 1. The number of ketones is 1. The van der Waals surface area contributed by atoms with Gasteiger partial charge in [0.05, 0.1) is 5.56 Å². The van der Waals surface area contributed by atoms with Crippen molar-refractivity contribution in [3.05, 3.63) is 66.1 Å². The zero-order valence-corrected chi connectivity index (χ0v) is 14.2. The van der Waals surface area contributed by atoms with Gasteiger partial charge in [0.15, 0.2) is 5.78 Å². The summed E-state index contributed by atoms with van der Waals surface area (Å²) in [5.74, 6) is 0.893. The number of nitrogens with zero attached hydrogens (tertiary/aromatic N) is 1. The highest BCUT2D eigenvalue weighted by Gasteiger charge is 2.29. The highest BCUT2D eigenvalue weighted by Crippen LogP contribution is 2.34. The molecule has 25 heavy (non-hydrogen) atoms. The van der Waals surface area contributed by atoms with Crippen LogP contribution < -0.4 is 4.74 Å². The van der Waals surface area contributed by atoms with Crippen LogP contribution in [0.5, 0.6) is 11.6 Å². The SMILES string of the molecule is CC1(C)CC(=O)C=C(OC(=O)c2ccc(Oc3ccccc3)nc2)C1. The van der Waals surface area contributed by atoms with Gasteiger partial charge >= 0.3 is 5.97 Å². The lowest BCUT2D eigenvalue weighted by Gasteiger charge is -2.27. The normalized spacial score (nSPS) is 16.1. The fourth-order valence-electron chi connectivity index (χ4n) is 2.70. The molecule has 0 N–H and O–H groups in total. The molecular weight excluding hydrogens is 318 g/mol. The first kappa shape index (κ1) is 16.9. The van der Waals surface area contributed by atoms with E-state index in [-0.39, 0.29) is 11.2 Å². The largest absolute Gasteiger partial charge is 0.439 e. The summed E-state index contributed by atoms with van der Waals surface area (Å²) < 4.78 is 10.9. The molecule has 0 spiro atoms. The molecule has 5 heteroatoms. The number of hydrogen-bond donors (Lipinski definition) is 0. The molecule has 0 saturated heterocycles. The number of carbonyl (C=O) groups excluding carboxylic acids is 2. The third kappa shape index (κ3) is 4.53. The topological polar surface area (TPSA) is 65.5 Å². The van der Waals surface area contributed by atoms with E-state index in [9.17, 15) is 9.59 Å². The molecule has 0 unspecified atom stereocenters. The highest BCUT2D eigenvalue weighted by atomic mass is 16.5. The molecule has 1 aliphatic carbocycles. The van der Waals surface area contributed by atoms with Gasteiger partial charge in [0.25, 0.3) is 0 Å². The van der Waals surface area contributed by atoms with Crippen molar-refractivity contribution in [3.8, 4) is 11.6 Å². The molecule has 1 aliphatic rings. The number of ether oxygens (including phenoxy) is 2. The van der Waals surface area contributed by atoms with E-state index in [2.05, 4.69) is 4.98 Å². The van der Waals surface area contributed by atoms with Crippen molar-refractivity contribution in [2.75, 3.05) is 0 Å². The van der Waals surface area contributed by atoms with Gasteiger partial charge in [-0.3, -0.25) is 4.79 Å². The zero-order valence-electron chi connectivity index (χ0n) is 14.2. The van der Waals surface area contributed by atoms with Crippen LogP contribution in [0.3, 0.4) is 0 Å². The molecule has 0 atom stereocenters. The lowest BCUT2D eigenvalue weighted by Crippen LogP contribution is -2.23. The molecule has 0 aliphatic heterocycles. The van der Waals surface area contributed by atoms with Crippen LogP contribution in [0, 0.1) is 5.41 Å². The fourth-order valence-corrected chi connectivity index (χ4v) is 2.70. The number of aromatic nitrogens is 1. The Morgan fingerprint density at radius 3 is 2.48 bits per heavy atom. The van der Waals surface area contributed by atoms with E-state index in [1.165, 1.54) is 12.3 Å². The quantitative estimate of drug-likeness (QED) is 0.778. The zero-order chi connectivity index (χ0) is 17.9. The number of rotatable bonds is 4. The standard InChI is InChI=1S/C20H19NO4/c1-20(2)11-15(22)10-17(12-20)25-19(23)14-8-9-18(21-13-14)24-16-6-4-3-5-7-16/h3-10,13H,11-12H2,1-2H3. The first-order valence-corrected chi connectivity index (χ1v) is 8.06. The second-order valence-electron chi connectivity index (χ2n) is 6.78. The third-order valence-electron chi connectivity index (χ3n) is 3.79. The van der Waals surface area contributed by atoms with Gasteiger partial charge in [-0.15, -0.1) is 0 Å². The van der Waals surface area contributed by atoms with E-state index in [1.807, 2.05) is 44.2 Å². The van der Waals surface area contributed by atoms with Gasteiger partial charge < -0.3 is 9.47 Å². The maximum atomic E-state index is 12.2. The summed E-state index contributed by atoms with van der Waals surface area (Å²) in [6, 6.07) is 12.4. The molecule has 1 heterocycles. The lowest BCUT2D eigenvalue weighted by molar-refractivity contribution is -0.117. The van der Waals surface area contributed by atoms with Crippen LogP contribution in [-0.2, 0) is 9.53 Å². The smallest absolute Gasteiger partial charge is 0.344 e. The molecule has 0 bridgehead atoms. The minimum Gasteiger partial charge on any atom is -0.439 e. The Morgan fingerprint density at radius 2 is 1.84 bits per heavy atom. The van der Waals surface area contributed by atoms with Crippen LogP contribution in [0.4, 0.5) is 0 Å². The molecule has 5 nitrogen and oxygen atoms in total. The van der Waals surface area contributed by atoms with Crippen molar-refractivity contribution in [1.82, 2.24) is 4.98 Å². The highest BCUT2D eigenvalue weighted by molar-refractivity contribution is 5.93. The van der Waals surface area contributed by atoms with Crippen LogP contribution >= 0.6 is 0 Å². The van der Waals surface area contributed by atoms with Gasteiger partial charge in [0.2, 0.25) is 5.88 Å². The molecule has 0 fully saturated rings. The van der Waals surface area contributed by atoms with Gasteiger partial charge in [-0.25, -0.2) is 9.78 Å². The minimum absolute atomic E-state index is 0.0243. The van der Waals surface area contributed by atoms with E-state index >= 15 is 0 Å². The predicted octanol–water partition coefficient (Wildman–Crippen LogP) is 4.30. The molecule has 0 saturated carbocycles. The van der Waals surface area contributed by atoms with Gasteiger partial charge in [0.1, 0.15) is 11.5 Å². The number of hydrogen-bond acceptors (Lipinski definition) is 5. The summed E-state index contributed by atoms with van der Waals surface area (Å²) in [6.07, 6.45) is 3.81. The van der Waals surface area contributed by atoms with E-state index in [4.69, 9.17) is 9.47 Å². The number of benzene rings is 1. The Kier molecular flexibility index (Phi) is 4.65. The maximum absolute atomic E-state index is 12.2. The Hall–Kier alpha value is -2.95. The monoisotopic (exact) mass is 337 g/mol. The van der Waals surface area contributed by atoms with Crippen LogP contribution in [0.15, 0.2) is 60.5 Å². The van der Waals surface area contributed by atoms with Crippen molar-refractivity contribution < 1.29 is 19.1 Å². The average Bonchev–Trinajstić information content (AvgIpc) is 2.54. The van der Waals surface area contributed by atoms with E-state index in [1.54, 1.807) is 12.1 Å². The molecule has 0 amide bonds. The summed E-state index contributed by atoms with van der Waals surface area (Å²) in [5.41, 5.74) is 0.102. The van der Waals surface area contributed by atoms with Crippen LogP contribution in [0.25, 0.3) is 0 Å². The predicted molar refractivity (Wildman–Crippen MR) is 92.3 cm³/mol. The summed E-state index contributed by atoms with van der Waals surface area (Å²) in [5, 5.41) is 0.